The number of nitrogens with zero attached hydrogens (tertiary/aromatic N) is 1. The summed E-state index contributed by atoms with van der Waals surface area (Å²) in [5, 5.41) is 8.14. The molecule has 2 aliphatic rings. The van der Waals surface area contributed by atoms with Gasteiger partial charge in [-0.3, -0.25) is 0 Å². The highest BCUT2D eigenvalue weighted by Crippen LogP contribution is 2.36. The van der Waals surface area contributed by atoms with E-state index in [0.29, 0.717) is 23.9 Å². The van der Waals surface area contributed by atoms with Gasteiger partial charge in [-0.15, -0.1) is 0 Å². The Labute approximate surface area is 123 Å². The van der Waals surface area contributed by atoms with Gasteiger partial charge in [0.15, 0.2) is 5.79 Å². The van der Waals surface area contributed by atoms with Crippen LogP contribution in [0.3, 0.4) is 0 Å². The quantitative estimate of drug-likeness (QED) is 0.648. The van der Waals surface area contributed by atoms with Crippen LogP contribution in [0, 0.1) is 5.41 Å². The number of benzene rings is 1. The predicted octanol–water partition coefficient (Wildman–Crippen LogP) is 2.26. The van der Waals surface area contributed by atoms with Crippen molar-refractivity contribution in [1.82, 2.24) is 0 Å². The van der Waals surface area contributed by atoms with E-state index in [1.54, 1.807) is 6.07 Å². The molecule has 1 spiro atoms. The van der Waals surface area contributed by atoms with Gasteiger partial charge in [0.25, 0.3) is 0 Å². The monoisotopic (exact) mass is 295 g/mol. The molecule has 0 saturated carbocycles. The Bertz CT molecular complexity index is 519. The molecule has 0 unspecified atom stereocenters. The molecule has 3 N–H and O–H groups in total. The van der Waals surface area contributed by atoms with Crippen LogP contribution >= 0.6 is 11.6 Å². The van der Waals surface area contributed by atoms with Crippen molar-refractivity contribution in [3.05, 3.63) is 22.7 Å². The van der Waals surface area contributed by atoms with Gasteiger partial charge >= 0.3 is 0 Å². The Morgan fingerprint density at radius 2 is 1.90 bits per heavy atom. The first-order chi connectivity index (χ1) is 9.63. The van der Waals surface area contributed by atoms with Crippen molar-refractivity contribution in [1.29, 1.82) is 5.41 Å². The number of nitrogen functional groups attached to an aromatic ring is 1. The van der Waals surface area contributed by atoms with Gasteiger partial charge in [-0.1, -0.05) is 11.6 Å². The summed E-state index contributed by atoms with van der Waals surface area (Å²) in [5.74, 6) is -0.397. The van der Waals surface area contributed by atoms with Crippen LogP contribution < -0.4 is 10.6 Å². The number of halogens is 1. The molecular weight excluding hydrogens is 278 g/mol. The predicted molar refractivity (Wildman–Crippen MR) is 79.8 cm³/mol. The van der Waals surface area contributed by atoms with Crippen molar-refractivity contribution in [2.75, 3.05) is 36.9 Å². The highest BCUT2D eigenvalue weighted by Gasteiger charge is 2.40. The first kappa shape index (κ1) is 13.7. The van der Waals surface area contributed by atoms with Gasteiger partial charge in [-0.25, -0.2) is 0 Å². The standard InChI is InChI=1S/C14H18ClN3O2/c15-10-7-12(17)11(9-16)13(8-10)18-3-1-14(2-4-18)19-5-6-20-14/h7-9,16H,1-6,17H2. The molecule has 0 bridgehead atoms. The summed E-state index contributed by atoms with van der Waals surface area (Å²) in [6.07, 6.45) is 2.92. The maximum absolute atomic E-state index is 7.55. The Morgan fingerprint density at radius 1 is 1.25 bits per heavy atom. The second-order valence-electron chi connectivity index (χ2n) is 5.17. The second kappa shape index (κ2) is 5.24. The van der Waals surface area contributed by atoms with Crippen LogP contribution in [0.15, 0.2) is 12.1 Å². The summed E-state index contributed by atoms with van der Waals surface area (Å²) in [4.78, 5) is 2.19. The first-order valence-corrected chi connectivity index (χ1v) is 7.14. The third-order valence-corrected chi connectivity index (χ3v) is 4.20. The van der Waals surface area contributed by atoms with Crippen molar-refractivity contribution in [2.45, 2.75) is 18.6 Å². The van der Waals surface area contributed by atoms with Gasteiger partial charge in [0.1, 0.15) is 0 Å². The normalized spacial score (nSPS) is 21.4. The number of nitrogens with two attached hydrogens (primary N) is 1. The van der Waals surface area contributed by atoms with E-state index in [1.165, 1.54) is 6.21 Å². The lowest BCUT2D eigenvalue weighted by Gasteiger charge is -2.39. The van der Waals surface area contributed by atoms with E-state index in [0.717, 1.165) is 37.2 Å². The molecule has 6 heteroatoms. The number of anilines is 2. The van der Waals surface area contributed by atoms with Crippen LogP contribution in [0.25, 0.3) is 0 Å². The van der Waals surface area contributed by atoms with Crippen LogP contribution in [0.2, 0.25) is 5.02 Å². The van der Waals surface area contributed by atoms with Crippen LogP contribution in [-0.4, -0.2) is 38.3 Å². The summed E-state index contributed by atoms with van der Waals surface area (Å²) in [6, 6.07) is 3.55. The molecule has 1 aromatic rings. The molecule has 2 heterocycles. The molecule has 0 aliphatic carbocycles. The van der Waals surface area contributed by atoms with Gasteiger partial charge in [0, 0.05) is 54.1 Å². The molecule has 3 rings (SSSR count). The van der Waals surface area contributed by atoms with Gasteiger partial charge < -0.3 is 25.5 Å². The lowest BCUT2D eigenvalue weighted by Crippen LogP contribution is -2.45. The molecule has 108 valence electrons. The third-order valence-electron chi connectivity index (χ3n) is 3.98. The van der Waals surface area contributed by atoms with Crippen molar-refractivity contribution in [3.8, 4) is 0 Å². The zero-order chi connectivity index (χ0) is 14.2. The molecule has 1 aromatic carbocycles. The minimum atomic E-state index is -0.397. The van der Waals surface area contributed by atoms with E-state index < -0.39 is 5.79 Å². The number of hydrogen-bond donors (Lipinski definition) is 2. The Kier molecular flexibility index (Phi) is 3.58. The lowest BCUT2D eigenvalue weighted by atomic mass is 10.0. The van der Waals surface area contributed by atoms with Crippen molar-refractivity contribution >= 4 is 29.2 Å². The van der Waals surface area contributed by atoms with Crippen molar-refractivity contribution in [2.24, 2.45) is 0 Å². The molecule has 2 aliphatic heterocycles. The summed E-state index contributed by atoms with van der Waals surface area (Å²) in [7, 11) is 0. The fourth-order valence-corrected chi connectivity index (χ4v) is 3.14. The van der Waals surface area contributed by atoms with E-state index in [9.17, 15) is 0 Å². The SMILES string of the molecule is N=Cc1c(N)cc(Cl)cc1N1CCC2(CC1)OCCO2. The van der Waals surface area contributed by atoms with Gasteiger partial charge in [0.2, 0.25) is 0 Å². The van der Waals surface area contributed by atoms with Crippen LogP contribution in [0.1, 0.15) is 18.4 Å². The van der Waals surface area contributed by atoms with E-state index in [4.69, 9.17) is 32.2 Å². The number of piperidine rings is 1. The summed E-state index contributed by atoms with van der Waals surface area (Å²) < 4.78 is 11.5. The Morgan fingerprint density at radius 3 is 2.50 bits per heavy atom. The average Bonchev–Trinajstić information content (AvgIpc) is 2.87. The highest BCUT2D eigenvalue weighted by atomic mass is 35.5. The second-order valence-corrected chi connectivity index (χ2v) is 5.60. The maximum atomic E-state index is 7.55. The van der Waals surface area contributed by atoms with Crippen LogP contribution in [0.4, 0.5) is 11.4 Å². The third kappa shape index (κ3) is 2.37. The van der Waals surface area contributed by atoms with Gasteiger partial charge in [-0.2, -0.15) is 0 Å². The first-order valence-electron chi connectivity index (χ1n) is 6.76. The van der Waals surface area contributed by atoms with Crippen molar-refractivity contribution < 1.29 is 9.47 Å². The van der Waals surface area contributed by atoms with Crippen molar-refractivity contribution in [3.63, 3.8) is 0 Å². The number of hydrogen-bond acceptors (Lipinski definition) is 5. The zero-order valence-corrected chi connectivity index (χ0v) is 11.9. The molecule has 20 heavy (non-hydrogen) atoms. The van der Waals surface area contributed by atoms with Gasteiger partial charge in [0.05, 0.1) is 13.2 Å². The lowest BCUT2D eigenvalue weighted by molar-refractivity contribution is -0.169. The Hall–Kier alpha value is -1.30. The molecule has 2 fully saturated rings. The van der Waals surface area contributed by atoms with E-state index in [1.807, 2.05) is 6.07 Å². The number of nitrogens with one attached hydrogen (secondary N) is 1. The molecular formula is C14H18ClN3O2. The number of ether oxygens (including phenoxy) is 2. The fourth-order valence-electron chi connectivity index (χ4n) is 2.92. The van der Waals surface area contributed by atoms with Crippen LogP contribution in [0.5, 0.6) is 0 Å². The maximum Gasteiger partial charge on any atom is 0.171 e. The highest BCUT2D eigenvalue weighted by molar-refractivity contribution is 6.31. The smallest absolute Gasteiger partial charge is 0.171 e. The molecule has 0 amide bonds. The molecule has 0 atom stereocenters. The zero-order valence-electron chi connectivity index (χ0n) is 11.2. The van der Waals surface area contributed by atoms with Gasteiger partial charge in [-0.05, 0) is 12.1 Å². The Balaban J connectivity index is 1.82. The molecule has 2 saturated heterocycles. The average molecular weight is 296 g/mol. The van der Waals surface area contributed by atoms with E-state index in [2.05, 4.69) is 4.90 Å². The molecule has 5 nitrogen and oxygen atoms in total. The number of rotatable bonds is 2. The van der Waals surface area contributed by atoms with E-state index >= 15 is 0 Å². The minimum Gasteiger partial charge on any atom is -0.398 e. The fraction of sp³-hybridized carbons (Fsp3) is 0.500. The summed E-state index contributed by atoms with van der Waals surface area (Å²) >= 11 is 6.09. The molecule has 0 aromatic heterocycles. The summed E-state index contributed by atoms with van der Waals surface area (Å²) in [5.41, 5.74) is 8.12. The minimum absolute atomic E-state index is 0.397. The molecule has 0 radical (unpaired) electrons. The largest absolute Gasteiger partial charge is 0.398 e. The topological polar surface area (TPSA) is 71.6 Å². The van der Waals surface area contributed by atoms with E-state index in [-0.39, 0.29) is 0 Å². The summed E-state index contributed by atoms with van der Waals surface area (Å²) in [6.45, 7) is 2.97. The van der Waals surface area contributed by atoms with Crippen LogP contribution in [-0.2, 0) is 9.47 Å².